The zero-order valence-electron chi connectivity index (χ0n) is 16.9. The van der Waals surface area contributed by atoms with Gasteiger partial charge in [0, 0.05) is 38.3 Å². The molecule has 2 aliphatic rings. The van der Waals surface area contributed by atoms with Gasteiger partial charge in [0.1, 0.15) is 5.69 Å². The Balaban J connectivity index is 1.70. The van der Waals surface area contributed by atoms with Crippen molar-refractivity contribution in [3.05, 3.63) is 29.2 Å². The van der Waals surface area contributed by atoms with Crippen LogP contribution in [0, 0.1) is 5.92 Å². The third kappa shape index (κ3) is 3.63. The normalized spacial score (nSPS) is 22.9. The van der Waals surface area contributed by atoms with Crippen molar-refractivity contribution in [3.63, 3.8) is 0 Å². The molecule has 10 heteroatoms. The summed E-state index contributed by atoms with van der Waals surface area (Å²) in [6.45, 7) is 2.62. The summed E-state index contributed by atoms with van der Waals surface area (Å²) in [4.78, 5) is 32.5. The molecule has 4 rings (SSSR count). The van der Waals surface area contributed by atoms with E-state index in [4.69, 9.17) is 0 Å². The van der Waals surface area contributed by atoms with E-state index in [1.54, 1.807) is 24.9 Å². The predicted octanol–water partition coefficient (Wildman–Crippen LogP) is 2.84. The average Bonchev–Trinajstić information content (AvgIpc) is 3.28. The molecule has 0 aliphatic carbocycles. The fraction of sp³-hybridized carbons (Fsp3) is 0.600. The minimum absolute atomic E-state index is 0.0687. The molecule has 2 aromatic rings. The highest BCUT2D eigenvalue weighted by molar-refractivity contribution is 5.89. The van der Waals surface area contributed by atoms with E-state index in [1.807, 2.05) is 0 Å². The van der Waals surface area contributed by atoms with Crippen LogP contribution in [0.5, 0.6) is 0 Å². The maximum absolute atomic E-state index is 13.6. The lowest BCUT2D eigenvalue weighted by atomic mass is 9.96. The number of hydrogen-bond donors (Lipinski definition) is 0. The van der Waals surface area contributed by atoms with Crippen LogP contribution >= 0.6 is 0 Å². The molecule has 0 saturated carbocycles. The smallest absolute Gasteiger partial charge is 0.345 e. The van der Waals surface area contributed by atoms with Gasteiger partial charge in [0.15, 0.2) is 5.65 Å². The molecule has 2 aliphatic heterocycles. The number of hydrogen-bond acceptors (Lipinski definition) is 4. The quantitative estimate of drug-likeness (QED) is 0.761. The number of halogens is 3. The van der Waals surface area contributed by atoms with Crippen molar-refractivity contribution in [1.29, 1.82) is 0 Å². The molecule has 2 fully saturated rings. The Hall–Kier alpha value is -2.65. The van der Waals surface area contributed by atoms with E-state index in [1.165, 1.54) is 4.90 Å². The minimum Gasteiger partial charge on any atom is -0.345 e. The van der Waals surface area contributed by atoms with Gasteiger partial charge < -0.3 is 9.80 Å². The van der Waals surface area contributed by atoms with Crippen molar-refractivity contribution in [1.82, 2.24) is 24.4 Å². The maximum Gasteiger partial charge on any atom is 0.433 e. The zero-order valence-corrected chi connectivity index (χ0v) is 16.9. The first-order valence-corrected chi connectivity index (χ1v) is 10.2. The number of rotatable bonds is 3. The average molecular weight is 423 g/mol. The second-order valence-corrected chi connectivity index (χ2v) is 8.04. The van der Waals surface area contributed by atoms with E-state index >= 15 is 0 Å². The van der Waals surface area contributed by atoms with Gasteiger partial charge in [0.2, 0.25) is 11.8 Å². The monoisotopic (exact) mass is 423 g/mol. The molecule has 2 aromatic heterocycles. The number of amides is 2. The van der Waals surface area contributed by atoms with E-state index < -0.39 is 23.8 Å². The van der Waals surface area contributed by atoms with Crippen molar-refractivity contribution >= 4 is 17.5 Å². The number of carbonyl (C=O) groups is 2. The first kappa shape index (κ1) is 20.6. The summed E-state index contributed by atoms with van der Waals surface area (Å²) in [5, 5.41) is 4.23. The third-order valence-corrected chi connectivity index (χ3v) is 5.97. The van der Waals surface area contributed by atoms with E-state index in [-0.39, 0.29) is 23.9 Å². The molecular formula is C20H24F3N5O2. The van der Waals surface area contributed by atoms with Crippen molar-refractivity contribution < 1.29 is 22.8 Å². The van der Waals surface area contributed by atoms with Crippen LogP contribution in [0.4, 0.5) is 13.2 Å². The van der Waals surface area contributed by atoms with Gasteiger partial charge in [-0.2, -0.15) is 18.3 Å². The first-order valence-electron chi connectivity index (χ1n) is 10.2. The first-order chi connectivity index (χ1) is 14.2. The predicted molar refractivity (Wildman–Crippen MR) is 101 cm³/mol. The van der Waals surface area contributed by atoms with Gasteiger partial charge in [-0.25, -0.2) is 9.50 Å². The highest BCUT2D eigenvalue weighted by Gasteiger charge is 2.40. The Morgan fingerprint density at radius 3 is 2.67 bits per heavy atom. The summed E-state index contributed by atoms with van der Waals surface area (Å²) in [5.41, 5.74) is 0.00932. The Labute approximate surface area is 171 Å². The summed E-state index contributed by atoms with van der Waals surface area (Å²) in [7, 11) is 1.67. The summed E-state index contributed by atoms with van der Waals surface area (Å²) >= 11 is 0. The number of fused-ring (bicyclic) bond motifs is 1. The Kier molecular flexibility index (Phi) is 5.19. The Morgan fingerprint density at radius 2 is 2.03 bits per heavy atom. The van der Waals surface area contributed by atoms with Gasteiger partial charge in [-0.15, -0.1) is 0 Å². The molecule has 2 amide bonds. The standard InChI is InChI=1S/C20H24F3N5O2/c1-3-13-9-16(20(21,22)23)28-17(24-13)10-14(25-28)15-6-4-5-7-27(15)19(30)12-8-18(29)26(2)11-12/h9-10,12,15H,3-8,11H2,1-2H3/t12-,15+/m1/s1. The number of piperidine rings is 1. The van der Waals surface area contributed by atoms with Crippen LogP contribution < -0.4 is 0 Å². The number of likely N-dealkylation sites (tertiary alicyclic amines) is 2. The number of carbonyl (C=O) groups excluding carboxylic acids is 2. The minimum atomic E-state index is -4.56. The van der Waals surface area contributed by atoms with Crippen LogP contribution in [-0.2, 0) is 22.2 Å². The van der Waals surface area contributed by atoms with Crippen molar-refractivity contribution in [3.8, 4) is 0 Å². The number of nitrogens with zero attached hydrogens (tertiary/aromatic N) is 5. The van der Waals surface area contributed by atoms with Crippen LogP contribution in [-0.4, -0.2) is 56.3 Å². The van der Waals surface area contributed by atoms with E-state index in [9.17, 15) is 22.8 Å². The molecule has 0 unspecified atom stereocenters. The highest BCUT2D eigenvalue weighted by Crippen LogP contribution is 2.35. The molecule has 162 valence electrons. The van der Waals surface area contributed by atoms with Gasteiger partial charge in [-0.3, -0.25) is 9.59 Å². The molecule has 0 bridgehead atoms. The van der Waals surface area contributed by atoms with Crippen LogP contribution in [0.1, 0.15) is 55.7 Å². The number of aryl methyl sites for hydroxylation is 1. The van der Waals surface area contributed by atoms with Crippen molar-refractivity contribution in [2.24, 2.45) is 5.92 Å². The van der Waals surface area contributed by atoms with Crippen LogP contribution in [0.3, 0.4) is 0 Å². The molecular weight excluding hydrogens is 399 g/mol. The van der Waals surface area contributed by atoms with Crippen molar-refractivity contribution in [2.75, 3.05) is 20.1 Å². The van der Waals surface area contributed by atoms with Gasteiger partial charge >= 0.3 is 6.18 Å². The molecule has 2 atom stereocenters. The molecule has 0 N–H and O–H groups in total. The topological polar surface area (TPSA) is 70.8 Å². The molecule has 4 heterocycles. The summed E-state index contributed by atoms with van der Waals surface area (Å²) in [5.74, 6) is -0.621. The second kappa shape index (κ2) is 7.55. The zero-order chi connectivity index (χ0) is 21.6. The lowest BCUT2D eigenvalue weighted by Crippen LogP contribution is -2.42. The maximum atomic E-state index is 13.6. The Morgan fingerprint density at radius 1 is 1.27 bits per heavy atom. The van der Waals surface area contributed by atoms with Gasteiger partial charge in [0.05, 0.1) is 17.7 Å². The van der Waals surface area contributed by atoms with Crippen LogP contribution in [0.15, 0.2) is 12.1 Å². The molecule has 2 saturated heterocycles. The summed E-state index contributed by atoms with van der Waals surface area (Å²) in [6, 6.07) is 2.16. The van der Waals surface area contributed by atoms with E-state index in [2.05, 4.69) is 10.1 Å². The second-order valence-electron chi connectivity index (χ2n) is 8.04. The van der Waals surface area contributed by atoms with Crippen LogP contribution in [0.25, 0.3) is 5.65 Å². The van der Waals surface area contributed by atoms with Crippen LogP contribution in [0.2, 0.25) is 0 Å². The molecule has 30 heavy (non-hydrogen) atoms. The summed E-state index contributed by atoms with van der Waals surface area (Å²) in [6.07, 6.45) is -1.73. The lowest BCUT2D eigenvalue weighted by molar-refractivity contribution is -0.143. The van der Waals surface area contributed by atoms with Gasteiger partial charge in [-0.05, 0) is 31.7 Å². The Bertz CT molecular complexity index is 987. The number of alkyl halides is 3. The van der Waals surface area contributed by atoms with Gasteiger partial charge in [-0.1, -0.05) is 6.92 Å². The van der Waals surface area contributed by atoms with Gasteiger partial charge in [0.25, 0.3) is 0 Å². The molecule has 0 radical (unpaired) electrons. The fourth-order valence-electron chi connectivity index (χ4n) is 4.36. The fourth-order valence-corrected chi connectivity index (χ4v) is 4.36. The van der Waals surface area contributed by atoms with Crippen molar-refractivity contribution in [2.45, 2.75) is 51.2 Å². The largest absolute Gasteiger partial charge is 0.433 e. The third-order valence-electron chi connectivity index (χ3n) is 5.97. The SMILES string of the molecule is CCc1cc(C(F)(F)F)n2nc([C@@H]3CCCCN3C(=O)[C@@H]3CC(=O)N(C)C3)cc2n1. The summed E-state index contributed by atoms with van der Waals surface area (Å²) < 4.78 is 41.6. The molecule has 7 nitrogen and oxygen atoms in total. The molecule has 0 spiro atoms. The lowest BCUT2D eigenvalue weighted by Gasteiger charge is -2.36. The highest BCUT2D eigenvalue weighted by atomic mass is 19.4. The molecule has 0 aromatic carbocycles. The van der Waals surface area contributed by atoms with E-state index in [0.29, 0.717) is 37.3 Å². The van der Waals surface area contributed by atoms with E-state index in [0.717, 1.165) is 23.4 Å². The number of aromatic nitrogens is 3.